The molecule has 1 aliphatic rings. The second-order valence-corrected chi connectivity index (χ2v) is 8.65. The van der Waals surface area contributed by atoms with E-state index in [4.69, 9.17) is 0 Å². The van der Waals surface area contributed by atoms with E-state index in [1.807, 2.05) is 57.4 Å². The van der Waals surface area contributed by atoms with Gasteiger partial charge in [-0.05, 0) is 46.0 Å². The molecule has 0 aliphatic carbocycles. The Hall–Kier alpha value is -2.12. The van der Waals surface area contributed by atoms with Gasteiger partial charge in [0.05, 0.1) is 23.6 Å². The molecule has 6 nitrogen and oxygen atoms in total. The molecule has 7 heteroatoms. The molecule has 0 spiro atoms. The van der Waals surface area contributed by atoms with Crippen molar-refractivity contribution in [2.24, 2.45) is 0 Å². The quantitative estimate of drug-likeness (QED) is 0.807. The Morgan fingerprint density at radius 1 is 1.19 bits per heavy atom. The van der Waals surface area contributed by atoms with Crippen molar-refractivity contribution in [2.75, 3.05) is 31.5 Å². The second-order valence-electron chi connectivity index (χ2n) is 6.85. The summed E-state index contributed by atoms with van der Waals surface area (Å²) >= 11 is 0. The standard InChI is InChI=1S/C19H26N4O2S/c1-15-19(16(2)22(20-15)14-13-21(3)4)26(24,25)23-12-8-7-10-17-9-5-6-11-18(17)23/h5-7,9-11H,8,12-14H2,1-4H3. The average molecular weight is 375 g/mol. The van der Waals surface area contributed by atoms with Gasteiger partial charge in [0.25, 0.3) is 10.0 Å². The predicted molar refractivity (Wildman–Crippen MR) is 105 cm³/mol. The minimum atomic E-state index is -3.68. The molecule has 0 radical (unpaired) electrons. The minimum Gasteiger partial charge on any atom is -0.308 e. The highest BCUT2D eigenvalue weighted by molar-refractivity contribution is 7.93. The summed E-state index contributed by atoms with van der Waals surface area (Å²) < 4.78 is 30.4. The number of sulfonamides is 1. The Labute approximate surface area is 155 Å². The monoisotopic (exact) mass is 374 g/mol. The van der Waals surface area contributed by atoms with Crippen LogP contribution in [0.15, 0.2) is 35.2 Å². The molecule has 1 aromatic carbocycles. The van der Waals surface area contributed by atoms with Crippen molar-refractivity contribution in [3.05, 3.63) is 47.3 Å². The SMILES string of the molecule is Cc1nn(CCN(C)C)c(C)c1S(=O)(=O)N1CCC=Cc2ccccc21. The van der Waals surface area contributed by atoms with E-state index < -0.39 is 10.0 Å². The van der Waals surface area contributed by atoms with E-state index in [1.165, 1.54) is 4.31 Å². The molecule has 2 aromatic rings. The summed E-state index contributed by atoms with van der Waals surface area (Å²) in [4.78, 5) is 2.38. The Kier molecular flexibility index (Phi) is 5.20. The molecular weight excluding hydrogens is 348 g/mol. The minimum absolute atomic E-state index is 0.327. The van der Waals surface area contributed by atoms with Gasteiger partial charge < -0.3 is 4.90 Å². The van der Waals surface area contributed by atoms with Crippen molar-refractivity contribution in [3.8, 4) is 0 Å². The van der Waals surface area contributed by atoms with Crippen molar-refractivity contribution in [1.82, 2.24) is 14.7 Å². The summed E-state index contributed by atoms with van der Waals surface area (Å²) in [6.45, 7) is 5.50. The van der Waals surface area contributed by atoms with E-state index in [0.29, 0.717) is 35.8 Å². The van der Waals surface area contributed by atoms with Crippen LogP contribution in [0.5, 0.6) is 0 Å². The summed E-state index contributed by atoms with van der Waals surface area (Å²) in [5.41, 5.74) is 2.89. The molecular formula is C19H26N4O2S. The number of anilines is 1. The van der Waals surface area contributed by atoms with Crippen LogP contribution in [-0.2, 0) is 16.6 Å². The van der Waals surface area contributed by atoms with Gasteiger partial charge in [-0.15, -0.1) is 0 Å². The lowest BCUT2D eigenvalue weighted by atomic mass is 10.2. The number of nitrogens with zero attached hydrogens (tertiary/aromatic N) is 4. The number of para-hydroxylation sites is 1. The van der Waals surface area contributed by atoms with Crippen molar-refractivity contribution in [3.63, 3.8) is 0 Å². The molecule has 3 rings (SSSR count). The van der Waals surface area contributed by atoms with E-state index in [9.17, 15) is 8.42 Å². The zero-order valence-electron chi connectivity index (χ0n) is 15.8. The van der Waals surface area contributed by atoms with Gasteiger partial charge in [0.2, 0.25) is 0 Å². The van der Waals surface area contributed by atoms with Gasteiger partial charge in [0.15, 0.2) is 0 Å². The Morgan fingerprint density at radius 2 is 1.92 bits per heavy atom. The summed E-state index contributed by atoms with van der Waals surface area (Å²) in [7, 11) is 0.300. The molecule has 0 N–H and O–H groups in total. The predicted octanol–water partition coefficient (Wildman–Crippen LogP) is 2.67. The molecule has 2 heterocycles. The largest absolute Gasteiger partial charge is 0.308 e. The molecule has 0 unspecified atom stereocenters. The van der Waals surface area contributed by atoms with E-state index in [2.05, 4.69) is 10.00 Å². The molecule has 1 aliphatic heterocycles. The van der Waals surface area contributed by atoms with Gasteiger partial charge in [-0.2, -0.15) is 5.10 Å². The van der Waals surface area contributed by atoms with Crippen LogP contribution in [-0.4, -0.2) is 50.3 Å². The molecule has 0 saturated carbocycles. The van der Waals surface area contributed by atoms with Gasteiger partial charge in [0.1, 0.15) is 4.90 Å². The molecule has 0 atom stereocenters. The van der Waals surface area contributed by atoms with Crippen molar-refractivity contribution >= 4 is 21.8 Å². The third-order valence-electron chi connectivity index (χ3n) is 4.62. The summed E-state index contributed by atoms with van der Waals surface area (Å²) in [6, 6.07) is 7.61. The highest BCUT2D eigenvalue weighted by Crippen LogP contribution is 2.32. The molecule has 1 aromatic heterocycles. The zero-order valence-corrected chi connectivity index (χ0v) is 16.6. The highest BCUT2D eigenvalue weighted by Gasteiger charge is 2.32. The number of hydrogen-bond donors (Lipinski definition) is 0. The maximum Gasteiger partial charge on any atom is 0.268 e. The summed E-state index contributed by atoms with van der Waals surface area (Å²) in [6.07, 6.45) is 4.69. The number of benzene rings is 1. The fourth-order valence-electron chi connectivity index (χ4n) is 3.30. The van der Waals surface area contributed by atoms with Crippen LogP contribution in [0.4, 0.5) is 5.69 Å². The fraction of sp³-hybridized carbons (Fsp3) is 0.421. The first-order valence-corrected chi connectivity index (χ1v) is 10.2. The first-order chi connectivity index (χ1) is 12.3. The van der Waals surface area contributed by atoms with E-state index >= 15 is 0 Å². The Bertz CT molecular complexity index is 929. The molecule has 0 amide bonds. The van der Waals surface area contributed by atoms with E-state index in [1.54, 1.807) is 11.6 Å². The second kappa shape index (κ2) is 7.25. The number of rotatable bonds is 5. The maximum atomic E-state index is 13.5. The maximum absolute atomic E-state index is 13.5. The molecule has 0 bridgehead atoms. The number of aryl methyl sites for hydroxylation is 1. The molecule has 140 valence electrons. The van der Waals surface area contributed by atoms with Gasteiger partial charge >= 0.3 is 0 Å². The van der Waals surface area contributed by atoms with Crippen molar-refractivity contribution in [2.45, 2.75) is 31.7 Å². The normalized spacial score (nSPS) is 14.6. The van der Waals surface area contributed by atoms with Crippen LogP contribution in [0.2, 0.25) is 0 Å². The van der Waals surface area contributed by atoms with Crippen molar-refractivity contribution in [1.29, 1.82) is 0 Å². The van der Waals surface area contributed by atoms with Crippen LogP contribution in [0.1, 0.15) is 23.4 Å². The third kappa shape index (κ3) is 3.41. The van der Waals surface area contributed by atoms with Gasteiger partial charge in [-0.3, -0.25) is 8.99 Å². The number of likely N-dealkylation sites (N-methyl/N-ethyl adjacent to an activating group) is 1. The number of aromatic nitrogens is 2. The van der Waals surface area contributed by atoms with Crippen LogP contribution in [0, 0.1) is 13.8 Å². The van der Waals surface area contributed by atoms with E-state index in [0.717, 1.165) is 17.8 Å². The average Bonchev–Trinajstić information content (AvgIpc) is 2.75. The lowest BCUT2D eigenvalue weighted by Gasteiger charge is -2.24. The summed E-state index contributed by atoms with van der Waals surface area (Å²) in [5.74, 6) is 0. The highest BCUT2D eigenvalue weighted by atomic mass is 32.2. The molecule has 0 saturated heterocycles. The number of fused-ring (bicyclic) bond motifs is 1. The van der Waals surface area contributed by atoms with Crippen molar-refractivity contribution < 1.29 is 8.42 Å². The smallest absolute Gasteiger partial charge is 0.268 e. The Morgan fingerprint density at radius 3 is 2.65 bits per heavy atom. The van der Waals surface area contributed by atoms with Crippen LogP contribution >= 0.6 is 0 Å². The van der Waals surface area contributed by atoms with Crippen LogP contribution < -0.4 is 4.31 Å². The van der Waals surface area contributed by atoms with Gasteiger partial charge in [-0.1, -0.05) is 30.4 Å². The first kappa shape index (κ1) is 18.7. The van der Waals surface area contributed by atoms with Gasteiger partial charge in [0, 0.05) is 13.1 Å². The Balaban J connectivity index is 2.04. The van der Waals surface area contributed by atoms with Gasteiger partial charge in [-0.25, -0.2) is 8.42 Å². The first-order valence-electron chi connectivity index (χ1n) is 8.79. The summed E-state index contributed by atoms with van der Waals surface area (Å²) in [5, 5.41) is 4.49. The zero-order chi connectivity index (χ0) is 18.9. The fourth-order valence-corrected chi connectivity index (χ4v) is 5.19. The van der Waals surface area contributed by atoms with E-state index in [-0.39, 0.29) is 0 Å². The lowest BCUT2D eigenvalue weighted by Crippen LogP contribution is -2.32. The number of hydrogen-bond acceptors (Lipinski definition) is 4. The molecule has 26 heavy (non-hydrogen) atoms. The topological polar surface area (TPSA) is 58.4 Å². The van der Waals surface area contributed by atoms with Crippen LogP contribution in [0.3, 0.4) is 0 Å². The lowest BCUT2D eigenvalue weighted by molar-refractivity contribution is 0.370. The third-order valence-corrected chi connectivity index (χ3v) is 6.69. The molecule has 0 fully saturated rings. The van der Waals surface area contributed by atoms with Crippen LogP contribution in [0.25, 0.3) is 6.08 Å².